The van der Waals surface area contributed by atoms with Gasteiger partial charge in [-0.1, -0.05) is 90.4 Å². The molecule has 2 N–H and O–H groups in total. The van der Waals surface area contributed by atoms with Gasteiger partial charge in [0.15, 0.2) is 0 Å². The molecule has 0 heterocycles. The Kier molecular flexibility index (Phi) is 16.4. The van der Waals surface area contributed by atoms with Crippen LogP contribution < -0.4 is 5.73 Å². The van der Waals surface area contributed by atoms with Crippen molar-refractivity contribution in [3.8, 4) is 0 Å². The Morgan fingerprint density at radius 3 is 1.59 bits per heavy atom. The third-order valence-corrected chi connectivity index (χ3v) is 4.21. The molecular weight excluding hydrogens is 274 g/mol. The van der Waals surface area contributed by atoms with Crippen LogP contribution in [0.25, 0.3) is 0 Å². The Bertz CT molecular complexity index is 244. The molecule has 0 radical (unpaired) electrons. The normalized spacial score (nSPS) is 12.3. The van der Waals surface area contributed by atoms with Crippen molar-refractivity contribution in [3.05, 3.63) is 0 Å². The minimum absolute atomic E-state index is 0.249. The van der Waals surface area contributed by atoms with E-state index in [4.69, 9.17) is 10.5 Å². The summed E-state index contributed by atoms with van der Waals surface area (Å²) in [6, 6.07) is -0.423. The van der Waals surface area contributed by atoms with E-state index >= 15 is 0 Å². The topological polar surface area (TPSA) is 52.3 Å². The average Bonchev–Trinajstić information content (AvgIpc) is 2.51. The molecule has 0 aromatic carbocycles. The molecule has 0 saturated carbocycles. The summed E-state index contributed by atoms with van der Waals surface area (Å²) in [5.74, 6) is -0.249. The van der Waals surface area contributed by atoms with Crippen molar-refractivity contribution < 1.29 is 9.53 Å². The molecule has 0 aromatic rings. The first kappa shape index (κ1) is 21.4. The standard InChI is InChI=1S/C19H39NO2/c1-3-5-6-7-8-9-10-11-12-13-14-15-16-17-18(20)19(21)22-4-2/h18H,3-17,20H2,1-2H3. The first-order valence-corrected chi connectivity index (χ1v) is 9.64. The van der Waals surface area contributed by atoms with Gasteiger partial charge in [-0.05, 0) is 13.3 Å². The van der Waals surface area contributed by atoms with Crippen molar-refractivity contribution in [1.29, 1.82) is 0 Å². The molecule has 0 aliphatic rings. The molecule has 0 bridgehead atoms. The number of ether oxygens (including phenoxy) is 1. The quantitative estimate of drug-likeness (QED) is 0.308. The van der Waals surface area contributed by atoms with Crippen LogP contribution >= 0.6 is 0 Å². The van der Waals surface area contributed by atoms with Crippen molar-refractivity contribution in [2.45, 2.75) is 110 Å². The van der Waals surface area contributed by atoms with Crippen LogP contribution in [0.5, 0.6) is 0 Å². The molecule has 0 fully saturated rings. The van der Waals surface area contributed by atoms with Crippen LogP contribution in [0.15, 0.2) is 0 Å². The van der Waals surface area contributed by atoms with Gasteiger partial charge in [0.1, 0.15) is 6.04 Å². The fourth-order valence-electron chi connectivity index (χ4n) is 2.75. The van der Waals surface area contributed by atoms with Gasteiger partial charge in [0, 0.05) is 0 Å². The molecule has 0 saturated heterocycles. The highest BCUT2D eigenvalue weighted by Gasteiger charge is 2.13. The number of rotatable bonds is 16. The Balaban J connectivity index is 3.15. The number of hydrogen-bond donors (Lipinski definition) is 1. The molecule has 132 valence electrons. The van der Waals surface area contributed by atoms with Gasteiger partial charge in [-0.25, -0.2) is 0 Å². The van der Waals surface area contributed by atoms with Gasteiger partial charge in [0.2, 0.25) is 0 Å². The van der Waals surface area contributed by atoms with Crippen LogP contribution in [0.3, 0.4) is 0 Å². The Morgan fingerprint density at radius 2 is 1.18 bits per heavy atom. The lowest BCUT2D eigenvalue weighted by Crippen LogP contribution is -2.32. The monoisotopic (exact) mass is 313 g/mol. The molecule has 0 aromatic heterocycles. The smallest absolute Gasteiger partial charge is 0.322 e. The number of carbonyl (C=O) groups is 1. The SMILES string of the molecule is CCCCCCCCCCCCCCCC(N)C(=O)OCC. The highest BCUT2D eigenvalue weighted by Crippen LogP contribution is 2.13. The number of nitrogens with two attached hydrogens (primary N) is 1. The third-order valence-electron chi connectivity index (χ3n) is 4.21. The zero-order valence-corrected chi connectivity index (χ0v) is 15.1. The molecule has 0 aliphatic carbocycles. The lowest BCUT2D eigenvalue weighted by Gasteiger charge is -2.09. The summed E-state index contributed by atoms with van der Waals surface area (Å²) < 4.78 is 4.90. The van der Waals surface area contributed by atoms with E-state index in [1.165, 1.54) is 77.0 Å². The second-order valence-electron chi connectivity index (χ2n) is 6.39. The van der Waals surface area contributed by atoms with Crippen LogP contribution in [0.4, 0.5) is 0 Å². The predicted octanol–water partition coefficient (Wildman–Crippen LogP) is 5.36. The summed E-state index contributed by atoms with van der Waals surface area (Å²) in [7, 11) is 0. The highest BCUT2D eigenvalue weighted by molar-refractivity contribution is 5.75. The maximum absolute atomic E-state index is 11.3. The van der Waals surface area contributed by atoms with Gasteiger partial charge in [-0.3, -0.25) is 4.79 Å². The fraction of sp³-hybridized carbons (Fsp3) is 0.947. The second-order valence-corrected chi connectivity index (χ2v) is 6.39. The van der Waals surface area contributed by atoms with Gasteiger partial charge >= 0.3 is 5.97 Å². The van der Waals surface area contributed by atoms with Gasteiger partial charge in [0.05, 0.1) is 6.61 Å². The number of esters is 1. The van der Waals surface area contributed by atoms with Crippen LogP contribution in [0.1, 0.15) is 104 Å². The summed E-state index contributed by atoms with van der Waals surface area (Å²) in [5.41, 5.74) is 5.77. The molecule has 0 rings (SSSR count). The third kappa shape index (κ3) is 14.4. The van der Waals surface area contributed by atoms with Crippen molar-refractivity contribution in [3.63, 3.8) is 0 Å². The molecule has 3 heteroatoms. The van der Waals surface area contributed by atoms with E-state index in [0.717, 1.165) is 12.8 Å². The maximum atomic E-state index is 11.3. The molecule has 22 heavy (non-hydrogen) atoms. The molecule has 1 atom stereocenters. The van der Waals surface area contributed by atoms with E-state index in [-0.39, 0.29) is 5.97 Å². The maximum Gasteiger partial charge on any atom is 0.322 e. The molecule has 0 spiro atoms. The minimum atomic E-state index is -0.423. The number of hydrogen-bond acceptors (Lipinski definition) is 3. The van der Waals surface area contributed by atoms with Crippen LogP contribution in [-0.4, -0.2) is 18.6 Å². The zero-order chi connectivity index (χ0) is 16.5. The van der Waals surface area contributed by atoms with Gasteiger partial charge in [-0.15, -0.1) is 0 Å². The lowest BCUT2D eigenvalue weighted by molar-refractivity contribution is -0.144. The largest absolute Gasteiger partial charge is 0.465 e. The highest BCUT2D eigenvalue weighted by atomic mass is 16.5. The van der Waals surface area contributed by atoms with Crippen molar-refractivity contribution in [2.75, 3.05) is 6.61 Å². The zero-order valence-electron chi connectivity index (χ0n) is 15.1. The first-order valence-electron chi connectivity index (χ1n) is 9.64. The van der Waals surface area contributed by atoms with Gasteiger partial charge in [-0.2, -0.15) is 0 Å². The van der Waals surface area contributed by atoms with E-state index in [0.29, 0.717) is 6.61 Å². The lowest BCUT2D eigenvalue weighted by atomic mass is 10.0. The van der Waals surface area contributed by atoms with Crippen LogP contribution in [-0.2, 0) is 9.53 Å². The number of carbonyl (C=O) groups excluding carboxylic acids is 1. The predicted molar refractivity (Wildman–Crippen MR) is 94.9 cm³/mol. The van der Waals surface area contributed by atoms with E-state index in [1.807, 2.05) is 6.92 Å². The summed E-state index contributed by atoms with van der Waals surface area (Å²) in [5, 5.41) is 0. The number of unbranched alkanes of at least 4 members (excludes halogenated alkanes) is 12. The average molecular weight is 314 g/mol. The van der Waals surface area contributed by atoms with E-state index in [1.54, 1.807) is 0 Å². The molecule has 3 nitrogen and oxygen atoms in total. The van der Waals surface area contributed by atoms with Crippen molar-refractivity contribution in [1.82, 2.24) is 0 Å². The first-order chi connectivity index (χ1) is 10.7. The second kappa shape index (κ2) is 16.8. The molecule has 0 aliphatic heterocycles. The molecule has 0 amide bonds. The molecule has 1 unspecified atom stereocenters. The van der Waals surface area contributed by atoms with Crippen LogP contribution in [0.2, 0.25) is 0 Å². The summed E-state index contributed by atoms with van der Waals surface area (Å²) in [6.45, 7) is 4.51. The fourth-order valence-corrected chi connectivity index (χ4v) is 2.75. The summed E-state index contributed by atoms with van der Waals surface area (Å²) in [4.78, 5) is 11.3. The van der Waals surface area contributed by atoms with E-state index < -0.39 is 6.04 Å². The van der Waals surface area contributed by atoms with E-state index in [9.17, 15) is 4.79 Å². The minimum Gasteiger partial charge on any atom is -0.465 e. The summed E-state index contributed by atoms with van der Waals surface area (Å²) in [6.07, 6.45) is 18.1. The Morgan fingerprint density at radius 1 is 0.773 bits per heavy atom. The Hall–Kier alpha value is -0.570. The van der Waals surface area contributed by atoms with Crippen molar-refractivity contribution in [2.24, 2.45) is 5.73 Å². The Labute approximate surface area is 138 Å². The van der Waals surface area contributed by atoms with Crippen LogP contribution in [0, 0.1) is 0 Å². The van der Waals surface area contributed by atoms with Gasteiger partial charge in [0.25, 0.3) is 0 Å². The van der Waals surface area contributed by atoms with Crippen molar-refractivity contribution >= 4 is 5.97 Å². The van der Waals surface area contributed by atoms with Gasteiger partial charge < -0.3 is 10.5 Å². The summed E-state index contributed by atoms with van der Waals surface area (Å²) >= 11 is 0. The molecular formula is C19H39NO2. The van der Waals surface area contributed by atoms with E-state index in [2.05, 4.69) is 6.92 Å².